The summed E-state index contributed by atoms with van der Waals surface area (Å²) in [5, 5.41) is 0. The Kier molecular flexibility index (Phi) is 44.2. The van der Waals surface area contributed by atoms with E-state index in [4.69, 9.17) is 14.2 Å². The zero-order valence-electron chi connectivity index (χ0n) is 41.3. The first-order valence-corrected chi connectivity index (χ1v) is 26.6. The maximum Gasteiger partial charge on any atom is 0.306 e. The highest BCUT2D eigenvalue weighted by atomic mass is 16.6. The van der Waals surface area contributed by atoms with Crippen LogP contribution in [0.2, 0.25) is 0 Å². The molecule has 0 saturated carbocycles. The third-order valence-electron chi connectivity index (χ3n) is 12.5. The molecule has 0 aliphatic heterocycles. The molecule has 0 aromatic rings. The first-order chi connectivity index (χ1) is 29.1. The highest BCUT2D eigenvalue weighted by Crippen LogP contribution is 2.18. The van der Waals surface area contributed by atoms with Crippen molar-refractivity contribution in [3.63, 3.8) is 0 Å². The lowest BCUT2D eigenvalue weighted by molar-refractivity contribution is -0.167. The number of carbonyl (C=O) groups is 3. The Balaban J connectivity index is 4.28. The molecule has 356 valence electrons. The molecule has 0 N–H and O–H groups in total. The molecule has 0 aromatic carbocycles. The Morgan fingerprint density at radius 3 is 0.867 bits per heavy atom. The average molecular weight is 849 g/mol. The van der Waals surface area contributed by atoms with Crippen molar-refractivity contribution in [3.05, 3.63) is 0 Å². The molecule has 0 aliphatic rings. The summed E-state index contributed by atoms with van der Waals surface area (Å²) in [7, 11) is 0. The Labute approximate surface area is 374 Å². The molecule has 60 heavy (non-hydrogen) atoms. The van der Waals surface area contributed by atoms with E-state index in [0.717, 1.165) is 75.5 Å². The number of esters is 3. The van der Waals surface area contributed by atoms with Crippen LogP contribution in [-0.2, 0) is 28.6 Å². The minimum absolute atomic E-state index is 0.0648. The van der Waals surface area contributed by atoms with Crippen molar-refractivity contribution in [2.45, 2.75) is 298 Å². The minimum Gasteiger partial charge on any atom is -0.462 e. The van der Waals surface area contributed by atoms with Gasteiger partial charge in [0.2, 0.25) is 0 Å². The van der Waals surface area contributed by atoms with Crippen LogP contribution in [0.15, 0.2) is 0 Å². The first kappa shape index (κ1) is 58.4. The lowest BCUT2D eigenvalue weighted by Crippen LogP contribution is -2.30. The van der Waals surface area contributed by atoms with Gasteiger partial charge in [0.15, 0.2) is 6.10 Å². The van der Waals surface area contributed by atoms with Crippen LogP contribution >= 0.6 is 0 Å². The van der Waals surface area contributed by atoms with Crippen LogP contribution in [0, 0.1) is 17.8 Å². The number of hydrogen-bond acceptors (Lipinski definition) is 6. The zero-order valence-corrected chi connectivity index (χ0v) is 41.3. The molecule has 0 aromatic heterocycles. The Morgan fingerprint density at radius 1 is 0.333 bits per heavy atom. The van der Waals surface area contributed by atoms with Gasteiger partial charge < -0.3 is 14.2 Å². The maximum atomic E-state index is 12.8. The van der Waals surface area contributed by atoms with Gasteiger partial charge in [-0.1, -0.05) is 253 Å². The van der Waals surface area contributed by atoms with Crippen LogP contribution in [0.5, 0.6) is 0 Å². The van der Waals surface area contributed by atoms with Crippen LogP contribution < -0.4 is 0 Å². The van der Waals surface area contributed by atoms with E-state index in [1.807, 2.05) is 0 Å². The number of carbonyl (C=O) groups excluding carboxylic acids is 3. The van der Waals surface area contributed by atoms with Crippen LogP contribution in [0.3, 0.4) is 0 Å². The molecular formula is C54H104O6. The summed E-state index contributed by atoms with van der Waals surface area (Å²) in [6, 6.07) is 0. The van der Waals surface area contributed by atoms with Gasteiger partial charge in [-0.3, -0.25) is 14.4 Å². The van der Waals surface area contributed by atoms with Crippen molar-refractivity contribution in [3.8, 4) is 0 Å². The van der Waals surface area contributed by atoms with Crippen LogP contribution in [0.25, 0.3) is 0 Å². The molecule has 0 heterocycles. The van der Waals surface area contributed by atoms with Crippen molar-refractivity contribution in [2.75, 3.05) is 13.2 Å². The van der Waals surface area contributed by atoms with Crippen molar-refractivity contribution in [1.29, 1.82) is 0 Å². The Bertz CT molecular complexity index is 931. The molecule has 0 radical (unpaired) electrons. The standard InChI is InChI=1S/C54H104O6/c1-7-50(6)42-36-30-24-20-21-26-32-38-44-53(56)59-47-51(60-54(57)45-39-33-27-19-15-17-23-29-35-41-49(4)5)46-58-52(55)43-37-31-25-18-14-12-10-8-9-11-13-16-22-28-34-40-48(2)3/h48-51H,7-47H2,1-6H3/t50?,51-/m0/s1. The second-order valence-electron chi connectivity index (χ2n) is 19.7. The summed E-state index contributed by atoms with van der Waals surface area (Å²) in [6.45, 7) is 13.7. The number of ether oxygens (including phenoxy) is 3. The van der Waals surface area contributed by atoms with Crippen LogP contribution in [-0.4, -0.2) is 37.2 Å². The van der Waals surface area contributed by atoms with Gasteiger partial charge in [-0.05, 0) is 37.0 Å². The molecular weight excluding hydrogens is 745 g/mol. The van der Waals surface area contributed by atoms with Crippen molar-refractivity contribution in [1.82, 2.24) is 0 Å². The number of hydrogen-bond donors (Lipinski definition) is 0. The van der Waals surface area contributed by atoms with Gasteiger partial charge in [0.25, 0.3) is 0 Å². The third-order valence-corrected chi connectivity index (χ3v) is 12.5. The molecule has 0 saturated heterocycles. The summed E-state index contributed by atoms with van der Waals surface area (Å²) >= 11 is 0. The first-order valence-electron chi connectivity index (χ1n) is 26.6. The second kappa shape index (κ2) is 45.4. The third kappa shape index (κ3) is 45.9. The molecule has 0 amide bonds. The summed E-state index contributed by atoms with van der Waals surface area (Å²) in [5.41, 5.74) is 0. The molecule has 0 aliphatic carbocycles. The second-order valence-corrected chi connectivity index (χ2v) is 19.7. The van der Waals surface area contributed by atoms with Gasteiger partial charge >= 0.3 is 17.9 Å². The predicted octanol–water partition coefficient (Wildman–Crippen LogP) is 17.2. The molecule has 0 bridgehead atoms. The molecule has 1 unspecified atom stereocenters. The lowest BCUT2D eigenvalue weighted by Gasteiger charge is -2.18. The fourth-order valence-corrected chi connectivity index (χ4v) is 8.08. The smallest absolute Gasteiger partial charge is 0.306 e. The molecule has 2 atom stereocenters. The zero-order chi connectivity index (χ0) is 44.2. The van der Waals surface area contributed by atoms with E-state index in [-0.39, 0.29) is 31.1 Å². The Hall–Kier alpha value is -1.59. The topological polar surface area (TPSA) is 78.9 Å². The van der Waals surface area contributed by atoms with Gasteiger partial charge in [0.05, 0.1) is 0 Å². The van der Waals surface area contributed by atoms with E-state index in [1.165, 1.54) is 173 Å². The van der Waals surface area contributed by atoms with E-state index >= 15 is 0 Å². The fraction of sp³-hybridized carbons (Fsp3) is 0.944. The van der Waals surface area contributed by atoms with Gasteiger partial charge in [0, 0.05) is 19.3 Å². The highest BCUT2D eigenvalue weighted by Gasteiger charge is 2.19. The van der Waals surface area contributed by atoms with Crippen molar-refractivity contribution >= 4 is 17.9 Å². The Morgan fingerprint density at radius 2 is 0.583 bits per heavy atom. The minimum atomic E-state index is -0.763. The van der Waals surface area contributed by atoms with Gasteiger partial charge in [-0.25, -0.2) is 0 Å². The quantitative estimate of drug-likeness (QED) is 0.0345. The van der Waals surface area contributed by atoms with E-state index in [9.17, 15) is 14.4 Å². The maximum absolute atomic E-state index is 12.8. The molecule has 0 fully saturated rings. The largest absolute Gasteiger partial charge is 0.462 e. The monoisotopic (exact) mass is 849 g/mol. The molecule has 6 nitrogen and oxygen atoms in total. The average Bonchev–Trinajstić information content (AvgIpc) is 3.22. The highest BCUT2D eigenvalue weighted by molar-refractivity contribution is 5.71. The van der Waals surface area contributed by atoms with Crippen LogP contribution in [0.4, 0.5) is 0 Å². The van der Waals surface area contributed by atoms with E-state index in [0.29, 0.717) is 19.3 Å². The number of unbranched alkanes of at least 4 members (excludes halogenated alkanes) is 29. The summed E-state index contributed by atoms with van der Waals surface area (Å²) in [6.07, 6.45) is 45.2. The van der Waals surface area contributed by atoms with Crippen molar-refractivity contribution < 1.29 is 28.6 Å². The van der Waals surface area contributed by atoms with E-state index in [2.05, 4.69) is 41.5 Å². The normalized spacial score (nSPS) is 12.6. The van der Waals surface area contributed by atoms with Gasteiger partial charge in [-0.2, -0.15) is 0 Å². The molecule has 6 heteroatoms. The van der Waals surface area contributed by atoms with Gasteiger partial charge in [0.1, 0.15) is 13.2 Å². The SMILES string of the molecule is CCC(C)CCCCCCCCCCC(=O)OC[C@H](COC(=O)CCCCCCCCCCCCCCCCCC(C)C)OC(=O)CCCCCCCCCCCC(C)C. The van der Waals surface area contributed by atoms with E-state index < -0.39 is 6.10 Å². The lowest BCUT2D eigenvalue weighted by atomic mass is 9.99. The summed E-state index contributed by atoms with van der Waals surface area (Å²) in [5.74, 6) is 1.65. The summed E-state index contributed by atoms with van der Waals surface area (Å²) < 4.78 is 16.8. The van der Waals surface area contributed by atoms with E-state index in [1.54, 1.807) is 0 Å². The number of rotatable bonds is 47. The molecule has 0 rings (SSSR count). The summed E-state index contributed by atoms with van der Waals surface area (Å²) in [4.78, 5) is 38.0. The van der Waals surface area contributed by atoms with Gasteiger partial charge in [-0.15, -0.1) is 0 Å². The predicted molar refractivity (Wildman–Crippen MR) is 256 cm³/mol. The van der Waals surface area contributed by atoms with Crippen molar-refractivity contribution in [2.24, 2.45) is 17.8 Å². The fourth-order valence-electron chi connectivity index (χ4n) is 8.08. The molecule has 0 spiro atoms. The van der Waals surface area contributed by atoms with Crippen LogP contribution in [0.1, 0.15) is 292 Å².